The van der Waals surface area contributed by atoms with Gasteiger partial charge in [-0.2, -0.15) is 0 Å². The predicted molar refractivity (Wildman–Crippen MR) is 104 cm³/mol. The number of ether oxygens (including phenoxy) is 5. The van der Waals surface area contributed by atoms with E-state index in [1.807, 2.05) is 0 Å². The first-order chi connectivity index (χ1) is 13.0. The lowest BCUT2D eigenvalue weighted by atomic mass is 9.98. The number of carbonyl (C=O) groups is 1. The van der Waals surface area contributed by atoms with E-state index >= 15 is 0 Å². The SMILES string of the molecule is COc1cc(Br)c(/C=C2\OC(=O)Cc3cc(OC)c(OC)cc32)cc1OC. The fourth-order valence-corrected chi connectivity index (χ4v) is 3.33. The van der Waals surface area contributed by atoms with Gasteiger partial charge in [-0.15, -0.1) is 0 Å². The smallest absolute Gasteiger partial charge is 0.315 e. The highest BCUT2D eigenvalue weighted by atomic mass is 79.9. The maximum Gasteiger partial charge on any atom is 0.315 e. The van der Waals surface area contributed by atoms with Crippen molar-refractivity contribution in [3.05, 3.63) is 45.4 Å². The van der Waals surface area contributed by atoms with Gasteiger partial charge in [0.25, 0.3) is 0 Å². The van der Waals surface area contributed by atoms with Gasteiger partial charge in [-0.3, -0.25) is 4.79 Å². The number of benzene rings is 2. The third kappa shape index (κ3) is 3.73. The first-order valence-electron chi connectivity index (χ1n) is 8.09. The van der Waals surface area contributed by atoms with Crippen molar-refractivity contribution in [2.45, 2.75) is 6.42 Å². The highest BCUT2D eigenvalue weighted by Gasteiger charge is 2.25. The maximum atomic E-state index is 12.1. The Morgan fingerprint density at radius 2 is 1.44 bits per heavy atom. The van der Waals surface area contributed by atoms with Crippen LogP contribution in [0.4, 0.5) is 0 Å². The molecule has 0 aromatic heterocycles. The fourth-order valence-electron chi connectivity index (χ4n) is 2.89. The van der Waals surface area contributed by atoms with E-state index in [4.69, 9.17) is 23.7 Å². The van der Waals surface area contributed by atoms with Crippen LogP contribution < -0.4 is 18.9 Å². The van der Waals surface area contributed by atoms with Crippen LogP contribution in [0.1, 0.15) is 16.7 Å². The Morgan fingerprint density at radius 3 is 2.07 bits per heavy atom. The third-order valence-corrected chi connectivity index (χ3v) is 4.91. The van der Waals surface area contributed by atoms with Crippen molar-refractivity contribution in [3.8, 4) is 23.0 Å². The Bertz CT molecular complexity index is 919. The largest absolute Gasteiger partial charge is 0.493 e. The Kier molecular flexibility index (Phi) is 5.60. The monoisotopic (exact) mass is 434 g/mol. The second kappa shape index (κ2) is 7.92. The Labute approximate surface area is 165 Å². The molecule has 0 unspecified atom stereocenters. The fraction of sp³-hybridized carbons (Fsp3) is 0.250. The Balaban J connectivity index is 2.15. The molecular formula is C20H19BrO6. The van der Waals surface area contributed by atoms with E-state index in [0.29, 0.717) is 28.8 Å². The van der Waals surface area contributed by atoms with Gasteiger partial charge in [0, 0.05) is 10.0 Å². The van der Waals surface area contributed by atoms with Crippen molar-refractivity contribution >= 4 is 33.7 Å². The molecule has 142 valence electrons. The molecule has 0 fully saturated rings. The molecule has 1 aliphatic heterocycles. The van der Waals surface area contributed by atoms with Gasteiger partial charge in [-0.25, -0.2) is 0 Å². The number of hydrogen-bond acceptors (Lipinski definition) is 6. The molecule has 7 heteroatoms. The number of halogens is 1. The lowest BCUT2D eigenvalue weighted by Crippen LogP contribution is -2.16. The number of hydrogen-bond donors (Lipinski definition) is 0. The summed E-state index contributed by atoms with van der Waals surface area (Å²) < 4.78 is 27.7. The highest BCUT2D eigenvalue weighted by molar-refractivity contribution is 9.10. The van der Waals surface area contributed by atoms with Gasteiger partial charge in [-0.1, -0.05) is 15.9 Å². The van der Waals surface area contributed by atoms with Crippen LogP contribution in [-0.4, -0.2) is 34.4 Å². The molecule has 2 aromatic rings. The van der Waals surface area contributed by atoms with E-state index < -0.39 is 0 Å². The summed E-state index contributed by atoms with van der Waals surface area (Å²) in [5, 5.41) is 0. The van der Waals surface area contributed by atoms with Gasteiger partial charge in [-0.05, 0) is 41.5 Å². The average Bonchev–Trinajstić information content (AvgIpc) is 2.67. The van der Waals surface area contributed by atoms with Crippen molar-refractivity contribution in [1.82, 2.24) is 0 Å². The average molecular weight is 435 g/mol. The van der Waals surface area contributed by atoms with Gasteiger partial charge in [0.15, 0.2) is 23.0 Å². The van der Waals surface area contributed by atoms with Gasteiger partial charge in [0.2, 0.25) is 0 Å². The van der Waals surface area contributed by atoms with E-state index in [1.165, 1.54) is 0 Å². The summed E-state index contributed by atoms with van der Waals surface area (Å²) in [5.74, 6) is 2.39. The lowest BCUT2D eigenvalue weighted by Gasteiger charge is -2.21. The van der Waals surface area contributed by atoms with E-state index in [0.717, 1.165) is 21.2 Å². The summed E-state index contributed by atoms with van der Waals surface area (Å²) in [7, 11) is 6.26. The van der Waals surface area contributed by atoms with Gasteiger partial charge >= 0.3 is 5.97 Å². The molecule has 0 saturated carbocycles. The predicted octanol–water partition coefficient (Wildman–Crippen LogP) is 4.08. The molecule has 0 atom stereocenters. The first kappa shape index (κ1) is 19.1. The standard InChI is InChI=1S/C20H19BrO6/c1-23-16-5-11-8-20(22)27-15(13(11)9-18(16)25-3)6-12-7-17(24-2)19(26-4)10-14(12)21/h5-7,9-10H,8H2,1-4H3/b15-6-. The minimum absolute atomic E-state index is 0.167. The number of cyclic esters (lactones) is 1. The molecule has 0 saturated heterocycles. The molecule has 0 spiro atoms. The molecule has 1 aliphatic rings. The van der Waals surface area contributed by atoms with Crippen LogP contribution in [0, 0.1) is 0 Å². The molecule has 0 N–H and O–H groups in total. The molecule has 0 amide bonds. The summed E-state index contributed by atoms with van der Waals surface area (Å²) in [5.41, 5.74) is 2.36. The third-order valence-electron chi connectivity index (χ3n) is 4.22. The van der Waals surface area contributed by atoms with Crippen LogP contribution in [0.15, 0.2) is 28.7 Å². The van der Waals surface area contributed by atoms with Crippen LogP contribution in [0.2, 0.25) is 0 Å². The number of carbonyl (C=O) groups excluding carboxylic acids is 1. The minimum atomic E-state index is -0.336. The zero-order valence-electron chi connectivity index (χ0n) is 15.4. The Morgan fingerprint density at radius 1 is 0.889 bits per heavy atom. The summed E-state index contributed by atoms with van der Waals surface area (Å²) in [4.78, 5) is 12.1. The second-order valence-corrected chi connectivity index (χ2v) is 6.61. The van der Waals surface area contributed by atoms with Crippen molar-refractivity contribution in [2.24, 2.45) is 0 Å². The molecule has 0 bridgehead atoms. The molecule has 0 aliphatic carbocycles. The van der Waals surface area contributed by atoms with Crippen LogP contribution in [0.3, 0.4) is 0 Å². The van der Waals surface area contributed by atoms with Crippen LogP contribution in [-0.2, 0) is 16.0 Å². The summed E-state index contributed by atoms with van der Waals surface area (Å²) >= 11 is 3.52. The number of esters is 1. The summed E-state index contributed by atoms with van der Waals surface area (Å²) in [6.07, 6.45) is 1.94. The molecule has 2 aromatic carbocycles. The van der Waals surface area contributed by atoms with Crippen molar-refractivity contribution in [1.29, 1.82) is 0 Å². The lowest BCUT2D eigenvalue weighted by molar-refractivity contribution is -0.136. The Hall–Kier alpha value is -2.67. The minimum Gasteiger partial charge on any atom is -0.493 e. The topological polar surface area (TPSA) is 63.2 Å². The zero-order chi connectivity index (χ0) is 19.6. The zero-order valence-corrected chi connectivity index (χ0v) is 17.0. The number of fused-ring (bicyclic) bond motifs is 1. The van der Waals surface area contributed by atoms with Gasteiger partial charge < -0.3 is 23.7 Å². The maximum absolute atomic E-state index is 12.1. The van der Waals surface area contributed by atoms with E-state index in [9.17, 15) is 4.79 Å². The normalized spacial score (nSPS) is 14.4. The van der Waals surface area contributed by atoms with Crippen molar-refractivity contribution in [3.63, 3.8) is 0 Å². The van der Waals surface area contributed by atoms with Crippen LogP contribution in [0.25, 0.3) is 11.8 Å². The van der Waals surface area contributed by atoms with Gasteiger partial charge in [0.05, 0.1) is 34.9 Å². The van der Waals surface area contributed by atoms with Gasteiger partial charge in [0.1, 0.15) is 5.76 Å². The summed E-state index contributed by atoms with van der Waals surface area (Å²) in [6.45, 7) is 0. The number of methoxy groups -OCH3 is 4. The number of rotatable bonds is 5. The molecule has 3 rings (SSSR count). The van der Waals surface area contributed by atoms with E-state index in [-0.39, 0.29) is 12.4 Å². The van der Waals surface area contributed by atoms with Crippen molar-refractivity contribution < 1.29 is 28.5 Å². The first-order valence-corrected chi connectivity index (χ1v) is 8.89. The molecular weight excluding hydrogens is 416 g/mol. The molecule has 1 heterocycles. The van der Waals surface area contributed by atoms with E-state index in [1.54, 1.807) is 58.8 Å². The molecule has 0 radical (unpaired) electrons. The van der Waals surface area contributed by atoms with E-state index in [2.05, 4.69) is 15.9 Å². The molecule has 27 heavy (non-hydrogen) atoms. The quantitative estimate of drug-likeness (QED) is 0.660. The molecule has 6 nitrogen and oxygen atoms in total. The van der Waals surface area contributed by atoms with Crippen molar-refractivity contribution in [2.75, 3.05) is 28.4 Å². The van der Waals surface area contributed by atoms with Crippen LogP contribution >= 0.6 is 15.9 Å². The second-order valence-electron chi connectivity index (χ2n) is 5.75. The highest BCUT2D eigenvalue weighted by Crippen LogP contribution is 2.39. The van der Waals surface area contributed by atoms with Crippen LogP contribution in [0.5, 0.6) is 23.0 Å². The summed E-state index contributed by atoms with van der Waals surface area (Å²) in [6, 6.07) is 7.21.